The Labute approximate surface area is 126 Å². The molecule has 0 aliphatic carbocycles. The van der Waals surface area contributed by atoms with Gasteiger partial charge in [0.15, 0.2) is 0 Å². The van der Waals surface area contributed by atoms with Crippen LogP contribution in [-0.2, 0) is 0 Å². The van der Waals surface area contributed by atoms with Crippen molar-refractivity contribution >= 4 is 23.4 Å². The van der Waals surface area contributed by atoms with Gasteiger partial charge in [-0.15, -0.1) is 0 Å². The molecular weight excluding hydrogens is 292 g/mol. The number of phenolic OH excluding ortho intramolecular Hbond substituents is 1. The second-order valence-electron chi connectivity index (χ2n) is 4.41. The minimum Gasteiger partial charge on any atom is -0.507 e. The van der Waals surface area contributed by atoms with Crippen LogP contribution in [0.1, 0.15) is 26.3 Å². The summed E-state index contributed by atoms with van der Waals surface area (Å²) in [6.45, 7) is 1.79. The standard InChI is InChI=1S/C15H13ClN2O3/c1-9-6-7-13(19)11(8-9)15(21)18-17-14(20)10-4-2-3-5-12(10)16/h2-8,19H,1H3,(H,17,20)(H,18,21). The van der Waals surface area contributed by atoms with E-state index in [2.05, 4.69) is 10.9 Å². The number of aromatic hydroxyl groups is 1. The maximum Gasteiger partial charge on any atom is 0.273 e. The van der Waals surface area contributed by atoms with Gasteiger partial charge in [0.2, 0.25) is 0 Å². The van der Waals surface area contributed by atoms with E-state index in [1.807, 2.05) is 0 Å². The lowest BCUT2D eigenvalue weighted by molar-refractivity contribution is 0.0845. The molecule has 0 aliphatic rings. The van der Waals surface area contributed by atoms with E-state index in [-0.39, 0.29) is 21.9 Å². The van der Waals surface area contributed by atoms with Crippen LogP contribution in [0.25, 0.3) is 0 Å². The molecule has 0 fully saturated rings. The van der Waals surface area contributed by atoms with Crippen molar-refractivity contribution in [2.45, 2.75) is 6.92 Å². The van der Waals surface area contributed by atoms with Crippen LogP contribution in [-0.4, -0.2) is 16.9 Å². The number of halogens is 1. The molecule has 2 aromatic rings. The Hall–Kier alpha value is -2.53. The first kappa shape index (κ1) is 14.9. The molecule has 0 spiro atoms. The minimum atomic E-state index is -0.614. The Morgan fingerprint density at radius 3 is 2.29 bits per heavy atom. The Balaban J connectivity index is 2.06. The van der Waals surface area contributed by atoms with Gasteiger partial charge in [0, 0.05) is 0 Å². The third-order valence-electron chi connectivity index (χ3n) is 2.80. The summed E-state index contributed by atoms with van der Waals surface area (Å²) in [7, 11) is 0. The van der Waals surface area contributed by atoms with Crippen molar-refractivity contribution in [3.8, 4) is 5.75 Å². The fourth-order valence-electron chi connectivity index (χ4n) is 1.73. The average Bonchev–Trinajstić information content (AvgIpc) is 2.47. The lowest BCUT2D eigenvalue weighted by Gasteiger charge is -2.09. The molecule has 2 rings (SSSR count). The number of aryl methyl sites for hydroxylation is 1. The van der Waals surface area contributed by atoms with Crippen molar-refractivity contribution in [1.29, 1.82) is 0 Å². The summed E-state index contributed by atoms with van der Waals surface area (Å²) in [5.41, 5.74) is 5.62. The summed E-state index contributed by atoms with van der Waals surface area (Å²) in [6, 6.07) is 11.1. The van der Waals surface area contributed by atoms with Crippen molar-refractivity contribution in [1.82, 2.24) is 10.9 Å². The zero-order chi connectivity index (χ0) is 15.4. The summed E-state index contributed by atoms with van der Waals surface area (Å²) < 4.78 is 0. The molecular formula is C15H13ClN2O3. The number of hydrogen-bond acceptors (Lipinski definition) is 3. The predicted molar refractivity (Wildman–Crippen MR) is 79.2 cm³/mol. The number of carbonyl (C=O) groups is 2. The van der Waals surface area contributed by atoms with Gasteiger partial charge in [-0.2, -0.15) is 0 Å². The number of carbonyl (C=O) groups excluding carboxylic acids is 2. The molecule has 0 atom stereocenters. The lowest BCUT2D eigenvalue weighted by Crippen LogP contribution is -2.41. The van der Waals surface area contributed by atoms with E-state index in [0.717, 1.165) is 5.56 Å². The normalized spacial score (nSPS) is 10.0. The number of amides is 2. The smallest absolute Gasteiger partial charge is 0.273 e. The molecule has 2 amide bonds. The summed E-state index contributed by atoms with van der Waals surface area (Å²) >= 11 is 5.88. The highest BCUT2D eigenvalue weighted by atomic mass is 35.5. The number of benzene rings is 2. The van der Waals surface area contributed by atoms with Crippen LogP contribution in [0.3, 0.4) is 0 Å². The molecule has 0 aromatic heterocycles. The van der Waals surface area contributed by atoms with E-state index >= 15 is 0 Å². The first-order valence-corrected chi connectivity index (χ1v) is 6.51. The first-order chi connectivity index (χ1) is 9.99. The Kier molecular flexibility index (Phi) is 4.45. The van der Waals surface area contributed by atoms with Crippen LogP contribution in [0.4, 0.5) is 0 Å². The summed E-state index contributed by atoms with van der Waals surface area (Å²) in [6.07, 6.45) is 0. The third kappa shape index (κ3) is 3.52. The van der Waals surface area contributed by atoms with Gasteiger partial charge in [0.25, 0.3) is 11.8 Å². The van der Waals surface area contributed by atoms with Crippen LogP contribution in [0, 0.1) is 6.92 Å². The number of phenols is 1. The zero-order valence-corrected chi connectivity index (χ0v) is 11.9. The fourth-order valence-corrected chi connectivity index (χ4v) is 1.95. The quantitative estimate of drug-likeness (QED) is 0.746. The molecule has 0 saturated heterocycles. The van der Waals surface area contributed by atoms with Gasteiger partial charge in [0.1, 0.15) is 5.75 Å². The molecule has 2 aromatic carbocycles. The van der Waals surface area contributed by atoms with E-state index in [1.165, 1.54) is 18.2 Å². The fraction of sp³-hybridized carbons (Fsp3) is 0.0667. The highest BCUT2D eigenvalue weighted by Gasteiger charge is 2.14. The van der Waals surface area contributed by atoms with E-state index in [4.69, 9.17) is 11.6 Å². The first-order valence-electron chi connectivity index (χ1n) is 6.14. The molecule has 0 unspecified atom stereocenters. The molecule has 5 nitrogen and oxygen atoms in total. The highest BCUT2D eigenvalue weighted by Crippen LogP contribution is 2.18. The summed E-state index contributed by atoms with van der Waals surface area (Å²) in [5.74, 6) is -1.32. The van der Waals surface area contributed by atoms with E-state index in [0.29, 0.717) is 0 Å². The summed E-state index contributed by atoms with van der Waals surface area (Å²) in [4.78, 5) is 23.8. The van der Waals surface area contributed by atoms with Gasteiger partial charge in [-0.25, -0.2) is 0 Å². The van der Waals surface area contributed by atoms with Crippen LogP contribution in [0.2, 0.25) is 5.02 Å². The monoisotopic (exact) mass is 304 g/mol. The van der Waals surface area contributed by atoms with Crippen LogP contribution in [0.5, 0.6) is 5.75 Å². The predicted octanol–water partition coefficient (Wildman–Crippen LogP) is 2.43. The second-order valence-corrected chi connectivity index (χ2v) is 4.82. The number of nitrogens with one attached hydrogen (secondary N) is 2. The van der Waals surface area contributed by atoms with Crippen molar-refractivity contribution in [3.63, 3.8) is 0 Å². The maximum atomic E-state index is 11.9. The van der Waals surface area contributed by atoms with Gasteiger partial charge in [-0.3, -0.25) is 20.4 Å². The Morgan fingerprint density at radius 1 is 1.00 bits per heavy atom. The van der Waals surface area contributed by atoms with Crippen molar-refractivity contribution in [2.75, 3.05) is 0 Å². The van der Waals surface area contributed by atoms with Gasteiger partial charge in [-0.1, -0.05) is 35.4 Å². The molecule has 21 heavy (non-hydrogen) atoms. The van der Waals surface area contributed by atoms with Gasteiger partial charge in [-0.05, 0) is 31.2 Å². The SMILES string of the molecule is Cc1ccc(O)c(C(=O)NNC(=O)c2ccccc2Cl)c1. The topological polar surface area (TPSA) is 78.4 Å². The summed E-state index contributed by atoms with van der Waals surface area (Å²) in [5, 5.41) is 9.92. The molecule has 3 N–H and O–H groups in total. The largest absolute Gasteiger partial charge is 0.507 e. The Bertz CT molecular complexity index is 701. The average molecular weight is 305 g/mol. The van der Waals surface area contributed by atoms with E-state index in [1.54, 1.807) is 31.2 Å². The van der Waals surface area contributed by atoms with Gasteiger partial charge >= 0.3 is 0 Å². The van der Waals surface area contributed by atoms with Crippen LogP contribution >= 0.6 is 11.6 Å². The lowest BCUT2D eigenvalue weighted by atomic mass is 10.1. The highest BCUT2D eigenvalue weighted by molar-refractivity contribution is 6.33. The van der Waals surface area contributed by atoms with E-state index in [9.17, 15) is 14.7 Å². The third-order valence-corrected chi connectivity index (χ3v) is 3.13. The van der Waals surface area contributed by atoms with E-state index < -0.39 is 11.8 Å². The minimum absolute atomic E-state index is 0.0782. The molecule has 0 heterocycles. The number of rotatable bonds is 2. The molecule has 0 aliphatic heterocycles. The zero-order valence-electron chi connectivity index (χ0n) is 11.2. The molecule has 0 saturated carbocycles. The molecule has 0 bridgehead atoms. The van der Waals surface area contributed by atoms with Gasteiger partial charge < -0.3 is 5.11 Å². The second kappa shape index (κ2) is 6.28. The number of hydrazine groups is 1. The van der Waals surface area contributed by atoms with Crippen LogP contribution < -0.4 is 10.9 Å². The number of hydrogen-bond donors (Lipinski definition) is 3. The Morgan fingerprint density at radius 2 is 1.62 bits per heavy atom. The van der Waals surface area contributed by atoms with Crippen molar-refractivity contribution in [3.05, 3.63) is 64.2 Å². The molecule has 0 radical (unpaired) electrons. The molecule has 6 heteroatoms. The van der Waals surface area contributed by atoms with Crippen molar-refractivity contribution in [2.24, 2.45) is 0 Å². The van der Waals surface area contributed by atoms with Gasteiger partial charge in [0.05, 0.1) is 16.1 Å². The van der Waals surface area contributed by atoms with Crippen molar-refractivity contribution < 1.29 is 14.7 Å². The molecule has 108 valence electrons. The maximum absolute atomic E-state index is 11.9. The van der Waals surface area contributed by atoms with Crippen LogP contribution in [0.15, 0.2) is 42.5 Å².